The Bertz CT molecular complexity index is 608. The van der Waals surface area contributed by atoms with Crippen molar-refractivity contribution in [1.29, 1.82) is 5.26 Å². The van der Waals surface area contributed by atoms with Crippen LogP contribution in [0.3, 0.4) is 0 Å². The van der Waals surface area contributed by atoms with Gasteiger partial charge < -0.3 is 10.2 Å². The molecular weight excluding hydrogens is 310 g/mol. The lowest BCUT2D eigenvalue weighted by molar-refractivity contribution is -0.128. The second-order valence-corrected chi connectivity index (χ2v) is 7.23. The minimum Gasteiger partial charge on any atom is -0.390 e. The molecule has 0 atom stereocenters. The van der Waals surface area contributed by atoms with E-state index in [1.807, 2.05) is 17.0 Å². The molecule has 1 heterocycles. The molecule has 1 amide bonds. The maximum absolute atomic E-state index is 12.5. The number of piperidine rings is 1. The van der Waals surface area contributed by atoms with Crippen molar-refractivity contribution in [1.82, 2.24) is 10.2 Å². The smallest absolute Gasteiger partial charge is 0.265 e. The number of benzene rings is 1. The van der Waals surface area contributed by atoms with Gasteiger partial charge in [-0.15, -0.1) is 0 Å². The van der Waals surface area contributed by atoms with Crippen LogP contribution in [0.4, 0.5) is 0 Å². The van der Waals surface area contributed by atoms with E-state index in [1.54, 1.807) is 6.20 Å². The van der Waals surface area contributed by atoms with Gasteiger partial charge in [-0.1, -0.05) is 44.2 Å². The van der Waals surface area contributed by atoms with E-state index in [-0.39, 0.29) is 11.5 Å². The number of hydrogen-bond donors (Lipinski definition) is 1. The Balaban J connectivity index is 1.81. The highest BCUT2D eigenvalue weighted by Crippen LogP contribution is 2.22. The molecule has 1 fully saturated rings. The lowest BCUT2D eigenvalue weighted by atomic mass is 9.90. The second-order valence-electron chi connectivity index (χ2n) is 7.23. The van der Waals surface area contributed by atoms with Crippen LogP contribution in [-0.4, -0.2) is 30.4 Å². The van der Waals surface area contributed by atoms with E-state index in [2.05, 4.69) is 43.4 Å². The molecule has 1 saturated heterocycles. The quantitative estimate of drug-likeness (QED) is 0.470. The molecular formula is C21H29N3O. The summed E-state index contributed by atoms with van der Waals surface area (Å²) >= 11 is 0. The number of nitrogens with one attached hydrogen (secondary N) is 1. The molecule has 1 aromatic carbocycles. The number of nitrogens with zero attached hydrogens (tertiary/aromatic N) is 2. The summed E-state index contributed by atoms with van der Waals surface area (Å²) in [4.78, 5) is 14.3. The summed E-state index contributed by atoms with van der Waals surface area (Å²) in [6, 6.07) is 12.6. The van der Waals surface area contributed by atoms with Crippen LogP contribution in [0.15, 0.2) is 42.1 Å². The number of amides is 1. The van der Waals surface area contributed by atoms with Gasteiger partial charge in [0.1, 0.15) is 11.6 Å². The third-order valence-electron chi connectivity index (χ3n) is 4.73. The van der Waals surface area contributed by atoms with E-state index < -0.39 is 0 Å². The fourth-order valence-corrected chi connectivity index (χ4v) is 3.15. The van der Waals surface area contributed by atoms with E-state index in [1.165, 1.54) is 5.56 Å². The van der Waals surface area contributed by atoms with Crippen LogP contribution >= 0.6 is 0 Å². The molecule has 0 radical (unpaired) electrons. The molecule has 134 valence electrons. The van der Waals surface area contributed by atoms with Gasteiger partial charge in [0.25, 0.3) is 5.91 Å². The molecule has 4 heteroatoms. The van der Waals surface area contributed by atoms with Crippen molar-refractivity contribution in [2.45, 2.75) is 39.5 Å². The summed E-state index contributed by atoms with van der Waals surface area (Å²) in [5, 5.41) is 12.4. The van der Waals surface area contributed by atoms with Crippen LogP contribution in [0.5, 0.6) is 0 Å². The maximum atomic E-state index is 12.5. The van der Waals surface area contributed by atoms with E-state index in [0.717, 1.165) is 45.3 Å². The molecule has 25 heavy (non-hydrogen) atoms. The number of carbonyl (C=O) groups excluding carboxylic acids is 1. The first-order valence-corrected chi connectivity index (χ1v) is 9.27. The van der Waals surface area contributed by atoms with Gasteiger partial charge in [0.2, 0.25) is 0 Å². The zero-order valence-corrected chi connectivity index (χ0v) is 15.4. The Kier molecular flexibility index (Phi) is 7.53. The number of hydrogen-bond acceptors (Lipinski definition) is 3. The monoisotopic (exact) mass is 339 g/mol. The van der Waals surface area contributed by atoms with Crippen LogP contribution in [0.1, 0.15) is 38.7 Å². The number of likely N-dealkylation sites (tertiary alicyclic amines) is 1. The number of carbonyl (C=O) groups is 1. The molecule has 0 saturated carbocycles. The van der Waals surface area contributed by atoms with Crippen molar-refractivity contribution in [2.24, 2.45) is 11.8 Å². The normalized spacial score (nSPS) is 15.9. The third-order valence-corrected chi connectivity index (χ3v) is 4.73. The van der Waals surface area contributed by atoms with Gasteiger partial charge in [-0.2, -0.15) is 5.26 Å². The molecule has 0 bridgehead atoms. The first kappa shape index (κ1) is 19.1. The van der Waals surface area contributed by atoms with Gasteiger partial charge in [0, 0.05) is 25.8 Å². The SMILES string of the molecule is CC(C)CCN/C=C(/C#N)C(=O)N1CCC(Cc2ccccc2)CC1. The van der Waals surface area contributed by atoms with Crippen LogP contribution in [-0.2, 0) is 11.2 Å². The first-order valence-electron chi connectivity index (χ1n) is 9.27. The lowest BCUT2D eigenvalue weighted by Gasteiger charge is -2.32. The molecule has 4 nitrogen and oxygen atoms in total. The summed E-state index contributed by atoms with van der Waals surface area (Å²) < 4.78 is 0. The molecule has 0 unspecified atom stereocenters. The average molecular weight is 339 g/mol. The van der Waals surface area contributed by atoms with Crippen molar-refractivity contribution in [3.05, 3.63) is 47.7 Å². The Morgan fingerprint density at radius 1 is 1.32 bits per heavy atom. The van der Waals surface area contributed by atoms with Gasteiger partial charge in [-0.05, 0) is 43.1 Å². The lowest BCUT2D eigenvalue weighted by Crippen LogP contribution is -2.39. The van der Waals surface area contributed by atoms with E-state index >= 15 is 0 Å². The molecule has 0 spiro atoms. The van der Waals surface area contributed by atoms with Crippen LogP contribution < -0.4 is 5.32 Å². The molecule has 1 N–H and O–H groups in total. The highest BCUT2D eigenvalue weighted by Gasteiger charge is 2.25. The first-order chi connectivity index (χ1) is 12.1. The van der Waals surface area contributed by atoms with Crippen molar-refractivity contribution in [3.8, 4) is 6.07 Å². The van der Waals surface area contributed by atoms with Crippen molar-refractivity contribution in [3.63, 3.8) is 0 Å². The van der Waals surface area contributed by atoms with Gasteiger partial charge >= 0.3 is 0 Å². The minimum absolute atomic E-state index is 0.141. The Hall–Kier alpha value is -2.28. The Labute approximate surface area is 151 Å². The van der Waals surface area contributed by atoms with Gasteiger partial charge in [0.15, 0.2) is 0 Å². The molecule has 1 aromatic rings. The minimum atomic E-state index is -0.141. The van der Waals surface area contributed by atoms with E-state index in [4.69, 9.17) is 0 Å². The van der Waals surface area contributed by atoms with Crippen LogP contribution in [0.25, 0.3) is 0 Å². The van der Waals surface area contributed by atoms with Crippen LogP contribution in [0, 0.1) is 23.2 Å². The topological polar surface area (TPSA) is 56.1 Å². The summed E-state index contributed by atoms with van der Waals surface area (Å²) in [5.41, 5.74) is 1.57. The summed E-state index contributed by atoms with van der Waals surface area (Å²) in [6.45, 7) is 6.57. The van der Waals surface area contributed by atoms with E-state index in [9.17, 15) is 10.1 Å². The van der Waals surface area contributed by atoms with Crippen LogP contribution in [0.2, 0.25) is 0 Å². The van der Waals surface area contributed by atoms with Gasteiger partial charge in [-0.3, -0.25) is 4.79 Å². The third kappa shape index (κ3) is 6.26. The summed E-state index contributed by atoms with van der Waals surface area (Å²) in [5.74, 6) is 1.08. The predicted octanol–water partition coefficient (Wildman–Crippen LogP) is 3.51. The van der Waals surface area contributed by atoms with Crippen molar-refractivity contribution in [2.75, 3.05) is 19.6 Å². The number of nitriles is 1. The molecule has 1 aliphatic heterocycles. The number of rotatable bonds is 7. The van der Waals surface area contributed by atoms with Crippen molar-refractivity contribution < 1.29 is 4.79 Å². The summed E-state index contributed by atoms with van der Waals surface area (Å²) in [6.07, 6.45) is 5.68. The zero-order valence-electron chi connectivity index (χ0n) is 15.4. The Morgan fingerprint density at radius 2 is 2.00 bits per heavy atom. The standard InChI is InChI=1S/C21H29N3O/c1-17(2)8-11-23-16-20(15-22)21(25)24-12-9-19(10-13-24)14-18-6-4-3-5-7-18/h3-7,16-17,19,23H,8-14H2,1-2H3/b20-16-. The summed E-state index contributed by atoms with van der Waals surface area (Å²) in [7, 11) is 0. The fourth-order valence-electron chi connectivity index (χ4n) is 3.15. The highest BCUT2D eigenvalue weighted by atomic mass is 16.2. The molecule has 0 aromatic heterocycles. The molecule has 1 aliphatic rings. The molecule has 0 aliphatic carbocycles. The predicted molar refractivity (Wildman–Crippen MR) is 101 cm³/mol. The highest BCUT2D eigenvalue weighted by molar-refractivity contribution is 5.97. The van der Waals surface area contributed by atoms with E-state index in [0.29, 0.717) is 11.8 Å². The van der Waals surface area contributed by atoms with Crippen molar-refractivity contribution >= 4 is 5.91 Å². The second kappa shape index (κ2) is 9.88. The maximum Gasteiger partial charge on any atom is 0.265 e. The van der Waals surface area contributed by atoms with Gasteiger partial charge in [0.05, 0.1) is 0 Å². The largest absolute Gasteiger partial charge is 0.390 e. The average Bonchev–Trinajstić information content (AvgIpc) is 2.62. The fraction of sp³-hybridized carbons (Fsp3) is 0.524. The zero-order chi connectivity index (χ0) is 18.1. The Morgan fingerprint density at radius 3 is 2.60 bits per heavy atom. The van der Waals surface area contributed by atoms with Gasteiger partial charge in [-0.25, -0.2) is 0 Å². The molecule has 2 rings (SSSR count).